The molecule has 0 aromatic carbocycles. The number of piperazine rings is 1. The first kappa shape index (κ1) is 20.9. The van der Waals surface area contributed by atoms with Crippen LogP contribution in [0.15, 0.2) is 0 Å². The molecule has 0 radical (unpaired) electrons. The molecule has 138 valence electrons. The molecule has 1 aliphatic heterocycles. The van der Waals surface area contributed by atoms with E-state index in [1.165, 1.54) is 45.6 Å². The zero-order valence-electron chi connectivity index (χ0n) is 16.5. The molecular weight excluding hydrogens is 288 g/mol. The van der Waals surface area contributed by atoms with Gasteiger partial charge in [0.05, 0.1) is 25.4 Å². The van der Waals surface area contributed by atoms with E-state index in [2.05, 4.69) is 51.3 Å². The predicted octanol–water partition coefficient (Wildman–Crippen LogP) is 3.26. The molecular formula is C19H40N2O2. The summed E-state index contributed by atoms with van der Waals surface area (Å²) in [5.74, 6) is 0. The van der Waals surface area contributed by atoms with Gasteiger partial charge in [0, 0.05) is 32.7 Å². The normalized spacial score (nSPS) is 18.5. The molecule has 0 spiro atoms. The first-order valence-corrected chi connectivity index (χ1v) is 9.32. The Balaban J connectivity index is 1.98. The Morgan fingerprint density at radius 1 is 0.739 bits per heavy atom. The molecule has 1 saturated heterocycles. The highest BCUT2D eigenvalue weighted by atomic mass is 16.5. The lowest BCUT2D eigenvalue weighted by atomic mass is 9.90. The molecule has 0 bridgehead atoms. The van der Waals surface area contributed by atoms with E-state index in [1.807, 2.05) is 0 Å². The first-order chi connectivity index (χ1) is 10.7. The van der Waals surface area contributed by atoms with Crippen LogP contribution in [0.3, 0.4) is 0 Å². The van der Waals surface area contributed by atoms with Crippen LogP contribution in [0.5, 0.6) is 0 Å². The minimum Gasteiger partial charge on any atom is -0.378 e. The van der Waals surface area contributed by atoms with Gasteiger partial charge in [0.1, 0.15) is 0 Å². The maximum Gasteiger partial charge on any atom is 0.0707 e. The fraction of sp³-hybridized carbons (Fsp3) is 1.00. The van der Waals surface area contributed by atoms with Gasteiger partial charge in [-0.2, -0.15) is 0 Å². The van der Waals surface area contributed by atoms with E-state index in [4.69, 9.17) is 9.47 Å². The summed E-state index contributed by atoms with van der Waals surface area (Å²) in [6, 6.07) is 0. The van der Waals surface area contributed by atoms with Crippen LogP contribution in [0, 0.1) is 5.41 Å². The molecule has 0 aliphatic carbocycles. The van der Waals surface area contributed by atoms with Gasteiger partial charge >= 0.3 is 0 Å². The summed E-state index contributed by atoms with van der Waals surface area (Å²) < 4.78 is 11.3. The first-order valence-electron chi connectivity index (χ1n) is 9.32. The zero-order valence-corrected chi connectivity index (χ0v) is 16.5. The third kappa shape index (κ3) is 11.9. The molecule has 1 aliphatic rings. The fourth-order valence-corrected chi connectivity index (χ4v) is 2.77. The highest BCUT2D eigenvalue weighted by molar-refractivity contribution is 4.72. The number of ether oxygens (including phenoxy) is 2. The number of rotatable bonds is 9. The molecule has 0 N–H and O–H groups in total. The lowest BCUT2D eigenvalue weighted by Gasteiger charge is -2.35. The SMILES string of the molecule is CC(C)(C)CCCN1CCN(CCOCCOC(C)(C)C)CC1. The van der Waals surface area contributed by atoms with E-state index >= 15 is 0 Å². The lowest BCUT2D eigenvalue weighted by Crippen LogP contribution is -2.47. The summed E-state index contributed by atoms with van der Waals surface area (Å²) in [4.78, 5) is 5.13. The van der Waals surface area contributed by atoms with E-state index < -0.39 is 0 Å². The third-order valence-electron chi connectivity index (χ3n) is 4.18. The van der Waals surface area contributed by atoms with Crippen LogP contribution in [-0.4, -0.2) is 74.5 Å². The summed E-state index contributed by atoms with van der Waals surface area (Å²) in [6.45, 7) is 22.5. The summed E-state index contributed by atoms with van der Waals surface area (Å²) in [5, 5.41) is 0. The monoisotopic (exact) mass is 328 g/mol. The molecule has 0 saturated carbocycles. The highest BCUT2D eigenvalue weighted by Crippen LogP contribution is 2.20. The van der Waals surface area contributed by atoms with Crippen molar-refractivity contribution in [1.29, 1.82) is 0 Å². The molecule has 0 aromatic heterocycles. The Hall–Kier alpha value is -0.160. The molecule has 23 heavy (non-hydrogen) atoms. The van der Waals surface area contributed by atoms with E-state index in [-0.39, 0.29) is 5.60 Å². The minimum absolute atomic E-state index is 0.0628. The maximum absolute atomic E-state index is 5.68. The predicted molar refractivity (Wildman–Crippen MR) is 98.1 cm³/mol. The quantitative estimate of drug-likeness (QED) is 0.607. The molecule has 0 atom stereocenters. The second-order valence-corrected chi connectivity index (χ2v) is 8.92. The summed E-state index contributed by atoms with van der Waals surface area (Å²) in [5.41, 5.74) is 0.405. The van der Waals surface area contributed by atoms with Crippen LogP contribution in [0.4, 0.5) is 0 Å². The van der Waals surface area contributed by atoms with Crippen LogP contribution in [-0.2, 0) is 9.47 Å². The van der Waals surface area contributed by atoms with E-state index in [1.54, 1.807) is 0 Å². The van der Waals surface area contributed by atoms with Crippen molar-refractivity contribution in [2.75, 3.05) is 59.1 Å². The molecule has 1 rings (SSSR count). The van der Waals surface area contributed by atoms with Crippen LogP contribution < -0.4 is 0 Å². The maximum atomic E-state index is 5.68. The minimum atomic E-state index is -0.0628. The third-order valence-corrected chi connectivity index (χ3v) is 4.18. The van der Waals surface area contributed by atoms with Crippen LogP contribution >= 0.6 is 0 Å². The largest absolute Gasteiger partial charge is 0.378 e. The van der Waals surface area contributed by atoms with Gasteiger partial charge in [-0.15, -0.1) is 0 Å². The zero-order chi connectivity index (χ0) is 17.3. The van der Waals surface area contributed by atoms with Crippen LogP contribution in [0.1, 0.15) is 54.4 Å². The van der Waals surface area contributed by atoms with Gasteiger partial charge in [-0.05, 0) is 45.6 Å². The average Bonchev–Trinajstić information content (AvgIpc) is 2.42. The lowest BCUT2D eigenvalue weighted by molar-refractivity contribution is -0.0377. The van der Waals surface area contributed by atoms with Crippen LogP contribution in [0.2, 0.25) is 0 Å². The van der Waals surface area contributed by atoms with Crippen molar-refractivity contribution in [3.63, 3.8) is 0 Å². The Morgan fingerprint density at radius 3 is 1.83 bits per heavy atom. The second-order valence-electron chi connectivity index (χ2n) is 8.92. The van der Waals surface area contributed by atoms with Gasteiger partial charge in [0.2, 0.25) is 0 Å². The average molecular weight is 329 g/mol. The number of hydrogen-bond donors (Lipinski definition) is 0. The molecule has 0 unspecified atom stereocenters. The van der Waals surface area contributed by atoms with Gasteiger partial charge in [-0.1, -0.05) is 20.8 Å². The van der Waals surface area contributed by atoms with E-state index in [9.17, 15) is 0 Å². The van der Waals surface area contributed by atoms with Crippen molar-refractivity contribution < 1.29 is 9.47 Å². The van der Waals surface area contributed by atoms with E-state index in [0.29, 0.717) is 18.6 Å². The molecule has 4 heteroatoms. The second kappa shape index (κ2) is 9.97. The van der Waals surface area contributed by atoms with Gasteiger partial charge < -0.3 is 14.4 Å². The highest BCUT2D eigenvalue weighted by Gasteiger charge is 2.17. The van der Waals surface area contributed by atoms with Crippen molar-refractivity contribution in [3.8, 4) is 0 Å². The van der Waals surface area contributed by atoms with Crippen molar-refractivity contribution in [2.45, 2.75) is 60.0 Å². The van der Waals surface area contributed by atoms with E-state index in [0.717, 1.165) is 13.2 Å². The van der Waals surface area contributed by atoms with Crippen molar-refractivity contribution >= 4 is 0 Å². The Kier molecular flexibility index (Phi) is 9.06. The van der Waals surface area contributed by atoms with Gasteiger partial charge in [0.15, 0.2) is 0 Å². The number of nitrogens with zero attached hydrogens (tertiary/aromatic N) is 2. The Bertz CT molecular complexity index is 297. The summed E-state index contributed by atoms with van der Waals surface area (Å²) in [6.07, 6.45) is 2.64. The molecule has 0 aromatic rings. The van der Waals surface area contributed by atoms with Crippen molar-refractivity contribution in [3.05, 3.63) is 0 Å². The topological polar surface area (TPSA) is 24.9 Å². The van der Waals surface area contributed by atoms with Gasteiger partial charge in [-0.25, -0.2) is 0 Å². The summed E-state index contributed by atoms with van der Waals surface area (Å²) >= 11 is 0. The Labute approximate surface area is 144 Å². The van der Waals surface area contributed by atoms with Crippen molar-refractivity contribution in [1.82, 2.24) is 9.80 Å². The molecule has 0 amide bonds. The summed E-state index contributed by atoms with van der Waals surface area (Å²) in [7, 11) is 0. The Morgan fingerprint density at radius 2 is 1.30 bits per heavy atom. The molecule has 1 heterocycles. The fourth-order valence-electron chi connectivity index (χ4n) is 2.77. The van der Waals surface area contributed by atoms with Gasteiger partial charge in [-0.3, -0.25) is 4.90 Å². The number of hydrogen-bond acceptors (Lipinski definition) is 4. The smallest absolute Gasteiger partial charge is 0.0707 e. The standard InChI is InChI=1S/C19H40N2O2/c1-18(2,3)8-7-9-20-10-12-21(13-11-20)14-15-22-16-17-23-19(4,5)6/h7-17H2,1-6H3. The van der Waals surface area contributed by atoms with Crippen molar-refractivity contribution in [2.24, 2.45) is 5.41 Å². The molecule has 4 nitrogen and oxygen atoms in total. The molecule has 1 fully saturated rings. The van der Waals surface area contributed by atoms with Gasteiger partial charge in [0.25, 0.3) is 0 Å². The van der Waals surface area contributed by atoms with Crippen LogP contribution in [0.25, 0.3) is 0 Å².